The Morgan fingerprint density at radius 2 is 1.75 bits per heavy atom. The number of amides is 1. The van der Waals surface area contributed by atoms with Crippen LogP contribution in [0.3, 0.4) is 0 Å². The van der Waals surface area contributed by atoms with Crippen molar-refractivity contribution in [3.05, 3.63) is 70.4 Å². The van der Waals surface area contributed by atoms with Crippen molar-refractivity contribution in [2.45, 2.75) is 6.42 Å². The first kappa shape index (κ1) is 15.6. The number of carbonyl (C=O) groups is 1. The summed E-state index contributed by atoms with van der Waals surface area (Å²) in [6, 6.07) is 12.4. The summed E-state index contributed by atoms with van der Waals surface area (Å²) in [4.78, 5) is 23.8. The molecule has 8 heteroatoms. The Morgan fingerprint density at radius 3 is 2.33 bits per heavy atom. The molecule has 24 heavy (non-hydrogen) atoms. The molecule has 1 aromatic heterocycles. The van der Waals surface area contributed by atoms with Crippen molar-refractivity contribution >= 4 is 11.6 Å². The molecule has 122 valence electrons. The van der Waals surface area contributed by atoms with Gasteiger partial charge in [0.1, 0.15) is 5.82 Å². The molecule has 0 saturated heterocycles. The minimum Gasteiger partial charge on any atom is -0.326 e. The molecule has 0 radical (unpaired) electrons. The van der Waals surface area contributed by atoms with Gasteiger partial charge in [-0.25, -0.2) is 9.18 Å². The third-order valence-electron chi connectivity index (χ3n) is 3.40. The molecule has 0 aliphatic carbocycles. The Morgan fingerprint density at radius 1 is 1.08 bits per heavy atom. The second kappa shape index (κ2) is 6.45. The van der Waals surface area contributed by atoms with Crippen molar-refractivity contribution in [2.24, 2.45) is 7.05 Å². The van der Waals surface area contributed by atoms with Crippen LogP contribution >= 0.6 is 0 Å². The summed E-state index contributed by atoms with van der Waals surface area (Å²) >= 11 is 0. The van der Waals surface area contributed by atoms with Crippen LogP contribution in [0.4, 0.5) is 10.1 Å². The molecule has 0 bridgehead atoms. The molecule has 0 aliphatic rings. The lowest BCUT2D eigenvalue weighted by molar-refractivity contribution is -0.115. The van der Waals surface area contributed by atoms with E-state index < -0.39 is 0 Å². The highest BCUT2D eigenvalue weighted by Gasteiger charge is 2.07. The highest BCUT2D eigenvalue weighted by molar-refractivity contribution is 5.92. The number of hydrogen-bond donors (Lipinski definition) is 1. The molecule has 3 aromatic rings. The molecule has 3 rings (SSSR count). The maximum absolute atomic E-state index is 12.8. The van der Waals surface area contributed by atoms with E-state index in [9.17, 15) is 14.0 Å². The van der Waals surface area contributed by atoms with Gasteiger partial charge in [-0.15, -0.1) is 0 Å². The Balaban J connectivity index is 1.67. The first-order valence-electron chi connectivity index (χ1n) is 7.17. The number of benzene rings is 2. The first-order valence-corrected chi connectivity index (χ1v) is 7.17. The van der Waals surface area contributed by atoms with E-state index in [4.69, 9.17) is 0 Å². The molecular weight excluding hydrogens is 313 g/mol. The van der Waals surface area contributed by atoms with Crippen LogP contribution in [0.5, 0.6) is 0 Å². The molecule has 1 amide bonds. The lowest BCUT2D eigenvalue weighted by atomic mass is 10.1. The fourth-order valence-electron chi connectivity index (χ4n) is 2.15. The Kier molecular flexibility index (Phi) is 4.19. The Bertz CT molecular complexity index is 913. The first-order chi connectivity index (χ1) is 11.5. The molecule has 1 heterocycles. The number of anilines is 1. The highest BCUT2D eigenvalue weighted by Crippen LogP contribution is 2.12. The molecule has 0 atom stereocenters. The van der Waals surface area contributed by atoms with Crippen molar-refractivity contribution in [2.75, 3.05) is 5.32 Å². The van der Waals surface area contributed by atoms with E-state index in [2.05, 4.69) is 15.7 Å². The van der Waals surface area contributed by atoms with Crippen LogP contribution in [-0.4, -0.2) is 25.7 Å². The number of halogens is 1. The molecule has 1 N–H and O–H groups in total. The van der Waals surface area contributed by atoms with Crippen LogP contribution in [0, 0.1) is 5.82 Å². The number of tetrazole rings is 1. The van der Waals surface area contributed by atoms with E-state index in [1.54, 1.807) is 36.4 Å². The Labute approximate surface area is 136 Å². The SMILES string of the molecule is Cn1nnn(-c2ccc(NC(=O)Cc3ccc(F)cc3)cc2)c1=O. The van der Waals surface area contributed by atoms with Crippen LogP contribution in [0.25, 0.3) is 5.69 Å². The van der Waals surface area contributed by atoms with Gasteiger partial charge >= 0.3 is 5.69 Å². The van der Waals surface area contributed by atoms with E-state index in [0.717, 1.165) is 14.9 Å². The summed E-state index contributed by atoms with van der Waals surface area (Å²) in [5.74, 6) is -0.556. The van der Waals surface area contributed by atoms with Crippen LogP contribution < -0.4 is 11.0 Å². The summed E-state index contributed by atoms with van der Waals surface area (Å²) in [6.07, 6.45) is 0.144. The number of aryl methyl sites for hydroxylation is 1. The third kappa shape index (κ3) is 3.37. The molecular formula is C16H14FN5O2. The summed E-state index contributed by atoms with van der Waals surface area (Å²) in [5, 5.41) is 10.1. The third-order valence-corrected chi connectivity index (χ3v) is 3.40. The zero-order valence-electron chi connectivity index (χ0n) is 12.8. The fourth-order valence-corrected chi connectivity index (χ4v) is 2.15. The Hall–Kier alpha value is -3.29. The van der Waals surface area contributed by atoms with E-state index in [1.807, 2.05) is 0 Å². The van der Waals surface area contributed by atoms with E-state index in [1.165, 1.54) is 19.2 Å². The van der Waals surface area contributed by atoms with Gasteiger partial charge in [0, 0.05) is 12.7 Å². The van der Waals surface area contributed by atoms with Gasteiger partial charge in [0.15, 0.2) is 0 Å². The molecule has 0 spiro atoms. The number of aromatic nitrogens is 4. The summed E-state index contributed by atoms with van der Waals surface area (Å²) in [7, 11) is 1.51. The standard InChI is InChI=1S/C16H14FN5O2/c1-21-16(24)22(20-19-21)14-8-6-13(7-9-14)18-15(23)10-11-2-4-12(17)5-3-11/h2-9H,10H2,1H3,(H,18,23). The maximum atomic E-state index is 12.8. The highest BCUT2D eigenvalue weighted by atomic mass is 19.1. The van der Waals surface area contributed by atoms with Gasteiger partial charge in [0.25, 0.3) is 0 Å². The van der Waals surface area contributed by atoms with Gasteiger partial charge < -0.3 is 5.32 Å². The van der Waals surface area contributed by atoms with Gasteiger partial charge in [0.05, 0.1) is 12.1 Å². The van der Waals surface area contributed by atoms with Crippen LogP contribution in [0.1, 0.15) is 5.56 Å². The minimum atomic E-state index is -0.358. The predicted octanol–water partition coefficient (Wildman–Crippen LogP) is 1.29. The second-order valence-electron chi connectivity index (χ2n) is 5.20. The van der Waals surface area contributed by atoms with E-state index in [0.29, 0.717) is 11.4 Å². The maximum Gasteiger partial charge on any atom is 0.368 e. The molecule has 0 aliphatic heterocycles. The molecule has 0 fully saturated rings. The van der Waals surface area contributed by atoms with Gasteiger partial charge in [0.2, 0.25) is 5.91 Å². The van der Waals surface area contributed by atoms with Crippen molar-refractivity contribution in [3.63, 3.8) is 0 Å². The molecule has 2 aromatic carbocycles. The van der Waals surface area contributed by atoms with Gasteiger partial charge in [-0.1, -0.05) is 12.1 Å². The number of hydrogen-bond acceptors (Lipinski definition) is 4. The zero-order chi connectivity index (χ0) is 17.1. The molecule has 7 nitrogen and oxygen atoms in total. The summed E-state index contributed by atoms with van der Waals surface area (Å²) in [5.41, 5.74) is 1.49. The average molecular weight is 327 g/mol. The monoisotopic (exact) mass is 327 g/mol. The lowest BCUT2D eigenvalue weighted by Gasteiger charge is -2.06. The average Bonchev–Trinajstić information content (AvgIpc) is 2.90. The fraction of sp³-hybridized carbons (Fsp3) is 0.125. The van der Waals surface area contributed by atoms with Crippen LogP contribution in [0.2, 0.25) is 0 Å². The number of nitrogens with zero attached hydrogens (tertiary/aromatic N) is 4. The van der Waals surface area contributed by atoms with Crippen molar-refractivity contribution in [1.29, 1.82) is 0 Å². The molecule has 0 unspecified atom stereocenters. The largest absolute Gasteiger partial charge is 0.368 e. The van der Waals surface area contributed by atoms with Crippen LogP contribution in [-0.2, 0) is 18.3 Å². The number of nitrogens with one attached hydrogen (secondary N) is 1. The quantitative estimate of drug-likeness (QED) is 0.783. The molecule has 0 saturated carbocycles. The minimum absolute atomic E-state index is 0.144. The summed E-state index contributed by atoms with van der Waals surface area (Å²) in [6.45, 7) is 0. The van der Waals surface area contributed by atoms with Gasteiger partial charge in [-0.3, -0.25) is 4.79 Å². The normalized spacial score (nSPS) is 10.6. The predicted molar refractivity (Wildman–Crippen MR) is 85.3 cm³/mol. The van der Waals surface area contributed by atoms with Crippen molar-refractivity contribution in [1.82, 2.24) is 19.8 Å². The van der Waals surface area contributed by atoms with Crippen molar-refractivity contribution < 1.29 is 9.18 Å². The van der Waals surface area contributed by atoms with Crippen LogP contribution in [0.15, 0.2) is 53.3 Å². The lowest BCUT2D eigenvalue weighted by Crippen LogP contribution is -2.21. The zero-order valence-corrected chi connectivity index (χ0v) is 12.8. The number of carbonyl (C=O) groups excluding carboxylic acids is 1. The van der Waals surface area contributed by atoms with Crippen molar-refractivity contribution in [3.8, 4) is 5.69 Å². The van der Waals surface area contributed by atoms with E-state index >= 15 is 0 Å². The second-order valence-corrected chi connectivity index (χ2v) is 5.20. The van der Waals surface area contributed by atoms with Gasteiger partial charge in [-0.05, 0) is 52.4 Å². The van der Waals surface area contributed by atoms with E-state index in [-0.39, 0.29) is 23.8 Å². The van der Waals surface area contributed by atoms with Gasteiger partial charge in [-0.2, -0.15) is 9.36 Å². The smallest absolute Gasteiger partial charge is 0.326 e. The number of rotatable bonds is 4. The summed E-state index contributed by atoms with van der Waals surface area (Å²) < 4.78 is 15.1. The topological polar surface area (TPSA) is 81.8 Å².